The summed E-state index contributed by atoms with van der Waals surface area (Å²) in [5, 5.41) is 0. The van der Waals surface area contributed by atoms with Crippen molar-refractivity contribution >= 4 is 29.7 Å². The number of likely N-dealkylation sites (N-methyl/N-ethyl adjacent to an activating group) is 1. The van der Waals surface area contributed by atoms with E-state index in [1.807, 2.05) is 4.90 Å². The Hall–Kier alpha value is -3.04. The van der Waals surface area contributed by atoms with Crippen LogP contribution in [0.1, 0.15) is 0 Å². The molecule has 1 aromatic rings. The molecule has 0 bridgehead atoms. The van der Waals surface area contributed by atoms with E-state index in [1.54, 1.807) is 23.4 Å². The van der Waals surface area contributed by atoms with Crippen molar-refractivity contribution in [3.8, 4) is 0 Å². The minimum atomic E-state index is -0.966. The average molecular weight is 332 g/mol. The molecule has 10 nitrogen and oxygen atoms in total. The highest BCUT2D eigenvalue weighted by Crippen LogP contribution is 2.13. The molecule has 0 aromatic carbocycles. The Balaban J connectivity index is 1.57. The lowest BCUT2D eigenvalue weighted by atomic mass is 10.3. The molecular weight excluding hydrogens is 316 g/mol. The summed E-state index contributed by atoms with van der Waals surface area (Å²) in [6, 6.07) is 0.959. The zero-order valence-corrected chi connectivity index (χ0v) is 13.1. The number of nitrogens with zero attached hydrogens (tertiary/aromatic N) is 6. The third kappa shape index (κ3) is 2.77. The highest BCUT2D eigenvalue weighted by Gasteiger charge is 2.43. The molecular formula is C14H16N6O4. The number of imide groups is 2. The molecule has 5 amide bonds. The SMILES string of the molecule is CN1C(=O)C(=O)N(CC(=O)N2CCN(c3ncccn3)CC2)C1=O. The van der Waals surface area contributed by atoms with Gasteiger partial charge in [-0.25, -0.2) is 19.7 Å². The molecule has 1 aromatic heterocycles. The summed E-state index contributed by atoms with van der Waals surface area (Å²) >= 11 is 0. The minimum Gasteiger partial charge on any atom is -0.338 e. The average Bonchev–Trinajstić information content (AvgIpc) is 2.80. The predicted molar refractivity (Wildman–Crippen MR) is 80.7 cm³/mol. The predicted octanol–water partition coefficient (Wildman–Crippen LogP) is -1.45. The number of rotatable bonds is 3. The molecule has 126 valence electrons. The van der Waals surface area contributed by atoms with E-state index in [0.717, 1.165) is 0 Å². The van der Waals surface area contributed by atoms with E-state index in [2.05, 4.69) is 9.97 Å². The maximum absolute atomic E-state index is 12.3. The van der Waals surface area contributed by atoms with Gasteiger partial charge in [0.1, 0.15) is 6.54 Å². The van der Waals surface area contributed by atoms with Crippen LogP contribution in [0.4, 0.5) is 10.7 Å². The van der Waals surface area contributed by atoms with Gasteiger partial charge in [-0.1, -0.05) is 0 Å². The van der Waals surface area contributed by atoms with Gasteiger partial charge in [-0.2, -0.15) is 0 Å². The van der Waals surface area contributed by atoms with Gasteiger partial charge >= 0.3 is 17.8 Å². The Morgan fingerprint density at radius 2 is 1.67 bits per heavy atom. The summed E-state index contributed by atoms with van der Waals surface area (Å²) in [5.74, 6) is -1.65. The maximum atomic E-state index is 12.3. The number of aromatic nitrogens is 2. The molecule has 0 atom stereocenters. The van der Waals surface area contributed by atoms with Gasteiger partial charge in [0.15, 0.2) is 0 Å². The summed E-state index contributed by atoms with van der Waals surface area (Å²) in [4.78, 5) is 60.5. The van der Waals surface area contributed by atoms with E-state index < -0.39 is 24.4 Å². The quantitative estimate of drug-likeness (QED) is 0.492. The first kappa shape index (κ1) is 15.8. The molecule has 0 N–H and O–H groups in total. The summed E-state index contributed by atoms with van der Waals surface area (Å²) in [6.45, 7) is 1.54. The summed E-state index contributed by atoms with van der Waals surface area (Å²) in [6.07, 6.45) is 3.30. The molecule has 2 fully saturated rings. The van der Waals surface area contributed by atoms with E-state index >= 15 is 0 Å². The molecule has 3 rings (SSSR count). The number of carbonyl (C=O) groups is 4. The molecule has 2 saturated heterocycles. The van der Waals surface area contributed by atoms with Crippen LogP contribution in [0.2, 0.25) is 0 Å². The molecule has 0 saturated carbocycles. The normalized spacial score (nSPS) is 18.6. The first-order valence-electron chi connectivity index (χ1n) is 7.42. The lowest BCUT2D eigenvalue weighted by Gasteiger charge is -2.35. The fourth-order valence-electron chi connectivity index (χ4n) is 2.60. The fraction of sp³-hybridized carbons (Fsp3) is 0.429. The van der Waals surface area contributed by atoms with Crippen LogP contribution in [0.25, 0.3) is 0 Å². The Labute approximate surface area is 137 Å². The van der Waals surface area contributed by atoms with Crippen LogP contribution in [0.15, 0.2) is 18.5 Å². The van der Waals surface area contributed by atoms with E-state index in [9.17, 15) is 19.2 Å². The van der Waals surface area contributed by atoms with E-state index in [-0.39, 0.29) is 5.91 Å². The van der Waals surface area contributed by atoms with Crippen molar-refractivity contribution in [1.29, 1.82) is 0 Å². The molecule has 0 spiro atoms. The minimum absolute atomic E-state index is 0.367. The van der Waals surface area contributed by atoms with Crippen LogP contribution in [0.5, 0.6) is 0 Å². The van der Waals surface area contributed by atoms with Gasteiger partial charge in [-0.15, -0.1) is 0 Å². The second-order valence-corrected chi connectivity index (χ2v) is 5.45. The highest BCUT2D eigenvalue weighted by atomic mass is 16.2. The van der Waals surface area contributed by atoms with Gasteiger partial charge in [0, 0.05) is 45.6 Å². The van der Waals surface area contributed by atoms with Crippen LogP contribution in [0, 0.1) is 0 Å². The molecule has 0 aliphatic carbocycles. The van der Waals surface area contributed by atoms with Crippen molar-refractivity contribution in [3.63, 3.8) is 0 Å². The number of amides is 5. The van der Waals surface area contributed by atoms with Crippen molar-refractivity contribution in [2.45, 2.75) is 0 Å². The molecule has 10 heteroatoms. The molecule has 3 heterocycles. The van der Waals surface area contributed by atoms with Crippen molar-refractivity contribution < 1.29 is 19.2 Å². The Morgan fingerprint density at radius 1 is 1.04 bits per heavy atom. The molecule has 2 aliphatic heterocycles. The van der Waals surface area contributed by atoms with Crippen molar-refractivity contribution in [3.05, 3.63) is 18.5 Å². The first-order valence-corrected chi connectivity index (χ1v) is 7.42. The largest absolute Gasteiger partial charge is 0.338 e. The maximum Gasteiger partial charge on any atom is 0.334 e. The van der Waals surface area contributed by atoms with Crippen LogP contribution in [-0.4, -0.2) is 88.2 Å². The number of carbonyl (C=O) groups excluding carboxylic acids is 4. The number of hydrogen-bond acceptors (Lipinski definition) is 7. The number of anilines is 1. The Morgan fingerprint density at radius 3 is 2.21 bits per heavy atom. The van der Waals surface area contributed by atoms with Gasteiger partial charge in [-0.05, 0) is 6.07 Å². The number of hydrogen-bond donors (Lipinski definition) is 0. The molecule has 0 radical (unpaired) electrons. The van der Waals surface area contributed by atoms with Gasteiger partial charge in [0.25, 0.3) is 0 Å². The summed E-state index contributed by atoms with van der Waals surface area (Å²) < 4.78 is 0. The highest BCUT2D eigenvalue weighted by molar-refractivity contribution is 6.44. The third-order valence-corrected chi connectivity index (χ3v) is 4.01. The zero-order valence-electron chi connectivity index (χ0n) is 13.1. The van der Waals surface area contributed by atoms with Gasteiger partial charge in [0.05, 0.1) is 0 Å². The molecule has 24 heavy (non-hydrogen) atoms. The summed E-state index contributed by atoms with van der Waals surface area (Å²) in [5.41, 5.74) is 0. The smallest absolute Gasteiger partial charge is 0.334 e. The Kier molecular flexibility index (Phi) is 4.11. The lowest BCUT2D eigenvalue weighted by molar-refractivity contribution is -0.144. The van der Waals surface area contributed by atoms with Crippen molar-refractivity contribution in [2.75, 3.05) is 44.7 Å². The van der Waals surface area contributed by atoms with Crippen molar-refractivity contribution in [2.24, 2.45) is 0 Å². The van der Waals surface area contributed by atoms with Crippen LogP contribution in [0.3, 0.4) is 0 Å². The summed E-state index contributed by atoms with van der Waals surface area (Å²) in [7, 11) is 1.21. The lowest BCUT2D eigenvalue weighted by Crippen LogP contribution is -2.52. The number of urea groups is 1. The van der Waals surface area contributed by atoms with E-state index in [0.29, 0.717) is 41.9 Å². The fourth-order valence-corrected chi connectivity index (χ4v) is 2.60. The first-order chi connectivity index (χ1) is 11.5. The standard InChI is InChI=1S/C14H16N6O4/c1-17-11(22)12(23)20(14(17)24)9-10(21)18-5-7-19(8-6-18)13-15-3-2-4-16-13/h2-4H,5-9H2,1H3. The van der Waals surface area contributed by atoms with E-state index in [1.165, 1.54) is 7.05 Å². The Bertz CT molecular complexity index is 686. The number of piperazine rings is 1. The van der Waals surface area contributed by atoms with Crippen molar-refractivity contribution in [1.82, 2.24) is 24.7 Å². The van der Waals surface area contributed by atoms with Gasteiger partial charge in [-0.3, -0.25) is 19.3 Å². The van der Waals surface area contributed by atoms with Gasteiger partial charge in [0.2, 0.25) is 11.9 Å². The van der Waals surface area contributed by atoms with Crippen LogP contribution in [-0.2, 0) is 14.4 Å². The third-order valence-electron chi connectivity index (χ3n) is 4.01. The molecule has 2 aliphatic rings. The van der Waals surface area contributed by atoms with E-state index in [4.69, 9.17) is 0 Å². The van der Waals surface area contributed by atoms with Crippen LogP contribution < -0.4 is 4.90 Å². The monoisotopic (exact) mass is 332 g/mol. The molecule has 0 unspecified atom stereocenters. The second kappa shape index (κ2) is 6.22. The van der Waals surface area contributed by atoms with Gasteiger partial charge < -0.3 is 9.80 Å². The second-order valence-electron chi connectivity index (χ2n) is 5.45. The zero-order chi connectivity index (χ0) is 17.3. The van der Waals surface area contributed by atoms with Crippen LogP contribution >= 0.6 is 0 Å². The topological polar surface area (TPSA) is 107 Å².